The smallest absolute Gasteiger partial charge is 0.270 e. The molecule has 7 heteroatoms. The Morgan fingerprint density at radius 1 is 1.47 bits per heavy atom. The van der Waals surface area contributed by atoms with Crippen LogP contribution in [0.25, 0.3) is 0 Å². The fraction of sp³-hybridized carbons (Fsp3) is 0.250. The van der Waals surface area contributed by atoms with Crippen LogP contribution >= 0.6 is 11.6 Å². The SMILES string of the molecule is O=[N+]([O-])c1ccc(CNCCn2ccnc2)c(Cl)c1. The molecule has 0 radical (unpaired) electrons. The highest BCUT2D eigenvalue weighted by molar-refractivity contribution is 6.31. The minimum Gasteiger partial charge on any atom is -0.336 e. The number of benzene rings is 1. The molecular formula is C12H13ClN4O2. The second kappa shape index (κ2) is 6.31. The van der Waals surface area contributed by atoms with Gasteiger partial charge in [-0.2, -0.15) is 0 Å². The molecule has 0 spiro atoms. The molecule has 0 fully saturated rings. The van der Waals surface area contributed by atoms with Crippen molar-refractivity contribution in [1.82, 2.24) is 14.9 Å². The molecule has 1 heterocycles. The van der Waals surface area contributed by atoms with Crippen molar-refractivity contribution >= 4 is 17.3 Å². The van der Waals surface area contributed by atoms with Crippen molar-refractivity contribution in [3.63, 3.8) is 0 Å². The summed E-state index contributed by atoms with van der Waals surface area (Å²) in [6.07, 6.45) is 5.37. The molecule has 0 bridgehead atoms. The molecule has 1 aromatic heterocycles. The summed E-state index contributed by atoms with van der Waals surface area (Å²) in [5.41, 5.74) is 0.852. The highest BCUT2D eigenvalue weighted by atomic mass is 35.5. The normalized spacial score (nSPS) is 10.6. The third-order valence-electron chi connectivity index (χ3n) is 2.67. The van der Waals surface area contributed by atoms with Gasteiger partial charge in [0.25, 0.3) is 5.69 Å². The monoisotopic (exact) mass is 280 g/mol. The van der Waals surface area contributed by atoms with Crippen molar-refractivity contribution in [3.05, 3.63) is 57.6 Å². The van der Waals surface area contributed by atoms with Gasteiger partial charge in [-0.15, -0.1) is 0 Å². The van der Waals surface area contributed by atoms with Gasteiger partial charge < -0.3 is 9.88 Å². The Balaban J connectivity index is 1.84. The molecule has 2 rings (SSSR count). The van der Waals surface area contributed by atoms with Crippen LogP contribution < -0.4 is 5.32 Å². The standard InChI is InChI=1S/C12H13ClN4O2/c13-12-7-11(17(18)19)2-1-10(12)8-14-3-5-16-6-4-15-9-16/h1-2,4,6-7,9,14H,3,5,8H2. The molecule has 0 aliphatic rings. The third kappa shape index (κ3) is 3.77. The Hall–Kier alpha value is -1.92. The van der Waals surface area contributed by atoms with Crippen LogP contribution in [-0.4, -0.2) is 21.0 Å². The van der Waals surface area contributed by atoms with Crippen LogP contribution in [0.1, 0.15) is 5.56 Å². The highest BCUT2D eigenvalue weighted by Crippen LogP contribution is 2.22. The van der Waals surface area contributed by atoms with Crippen molar-refractivity contribution in [2.24, 2.45) is 0 Å². The van der Waals surface area contributed by atoms with E-state index >= 15 is 0 Å². The van der Waals surface area contributed by atoms with Gasteiger partial charge in [0.15, 0.2) is 0 Å². The molecule has 1 aromatic carbocycles. The van der Waals surface area contributed by atoms with Crippen LogP contribution in [0.2, 0.25) is 5.02 Å². The molecule has 0 amide bonds. The number of nitrogens with zero attached hydrogens (tertiary/aromatic N) is 3. The van der Waals surface area contributed by atoms with Gasteiger partial charge in [-0.1, -0.05) is 11.6 Å². The van der Waals surface area contributed by atoms with E-state index in [0.29, 0.717) is 11.6 Å². The molecule has 0 saturated carbocycles. The fourth-order valence-corrected chi connectivity index (χ4v) is 1.88. The Labute approximate surface area is 115 Å². The number of aromatic nitrogens is 2. The first-order chi connectivity index (χ1) is 9.16. The topological polar surface area (TPSA) is 73.0 Å². The summed E-state index contributed by atoms with van der Waals surface area (Å²) >= 11 is 5.99. The van der Waals surface area contributed by atoms with Crippen LogP contribution in [0.15, 0.2) is 36.9 Å². The molecule has 0 saturated heterocycles. The van der Waals surface area contributed by atoms with Gasteiger partial charge in [0.1, 0.15) is 0 Å². The first kappa shape index (κ1) is 13.5. The molecule has 6 nitrogen and oxygen atoms in total. The number of hydrogen-bond acceptors (Lipinski definition) is 4. The van der Waals surface area contributed by atoms with E-state index in [4.69, 9.17) is 11.6 Å². The highest BCUT2D eigenvalue weighted by Gasteiger charge is 2.08. The lowest BCUT2D eigenvalue weighted by Crippen LogP contribution is -2.19. The van der Waals surface area contributed by atoms with Crippen molar-refractivity contribution in [1.29, 1.82) is 0 Å². The lowest BCUT2D eigenvalue weighted by atomic mass is 10.2. The van der Waals surface area contributed by atoms with E-state index in [1.807, 2.05) is 10.8 Å². The van der Waals surface area contributed by atoms with Crippen molar-refractivity contribution in [2.75, 3.05) is 6.54 Å². The van der Waals surface area contributed by atoms with Crippen molar-refractivity contribution in [2.45, 2.75) is 13.1 Å². The maximum atomic E-state index is 10.6. The van der Waals surface area contributed by atoms with E-state index in [0.717, 1.165) is 18.7 Å². The predicted octanol–water partition coefficient (Wildman–Crippen LogP) is 2.23. The number of nitro groups is 1. The summed E-state index contributed by atoms with van der Waals surface area (Å²) in [7, 11) is 0. The molecule has 2 aromatic rings. The number of rotatable bonds is 6. The minimum atomic E-state index is -0.456. The molecular weight excluding hydrogens is 268 g/mol. The zero-order chi connectivity index (χ0) is 13.7. The predicted molar refractivity (Wildman–Crippen MR) is 72.0 cm³/mol. The molecule has 0 unspecified atom stereocenters. The van der Waals surface area contributed by atoms with E-state index in [1.54, 1.807) is 18.6 Å². The van der Waals surface area contributed by atoms with Crippen LogP contribution in [0, 0.1) is 10.1 Å². The van der Waals surface area contributed by atoms with E-state index in [1.165, 1.54) is 12.1 Å². The maximum absolute atomic E-state index is 10.6. The van der Waals surface area contributed by atoms with Gasteiger partial charge in [-0.3, -0.25) is 10.1 Å². The van der Waals surface area contributed by atoms with Gasteiger partial charge >= 0.3 is 0 Å². The van der Waals surface area contributed by atoms with Crippen LogP contribution in [0.4, 0.5) is 5.69 Å². The number of halogens is 1. The second-order valence-corrected chi connectivity index (χ2v) is 4.42. The third-order valence-corrected chi connectivity index (χ3v) is 3.02. The number of nitrogens with one attached hydrogen (secondary N) is 1. The lowest BCUT2D eigenvalue weighted by molar-refractivity contribution is -0.384. The Bertz CT molecular complexity index is 557. The van der Waals surface area contributed by atoms with Crippen molar-refractivity contribution < 1.29 is 4.92 Å². The zero-order valence-electron chi connectivity index (χ0n) is 10.1. The van der Waals surface area contributed by atoms with E-state index in [9.17, 15) is 10.1 Å². The first-order valence-electron chi connectivity index (χ1n) is 5.76. The van der Waals surface area contributed by atoms with E-state index in [2.05, 4.69) is 10.3 Å². The van der Waals surface area contributed by atoms with Gasteiger partial charge in [0, 0.05) is 44.2 Å². The summed E-state index contributed by atoms with van der Waals surface area (Å²) < 4.78 is 1.96. The Morgan fingerprint density at radius 3 is 2.95 bits per heavy atom. The minimum absolute atomic E-state index is 0.00663. The average molecular weight is 281 g/mol. The van der Waals surface area contributed by atoms with Gasteiger partial charge in [-0.25, -0.2) is 4.98 Å². The molecule has 19 heavy (non-hydrogen) atoms. The molecule has 0 aliphatic carbocycles. The average Bonchev–Trinajstić information content (AvgIpc) is 2.89. The van der Waals surface area contributed by atoms with Crippen molar-refractivity contribution in [3.8, 4) is 0 Å². The first-order valence-corrected chi connectivity index (χ1v) is 6.14. The summed E-state index contributed by atoms with van der Waals surface area (Å²) in [4.78, 5) is 14.1. The number of non-ortho nitro benzene ring substituents is 1. The van der Waals surface area contributed by atoms with Gasteiger partial charge in [-0.05, 0) is 11.6 Å². The van der Waals surface area contributed by atoms with Gasteiger partial charge in [0.2, 0.25) is 0 Å². The summed E-state index contributed by atoms with van der Waals surface area (Å²) in [5.74, 6) is 0. The fourth-order valence-electron chi connectivity index (χ4n) is 1.64. The maximum Gasteiger partial charge on any atom is 0.270 e. The number of imidazole rings is 1. The number of nitro benzene ring substituents is 1. The van der Waals surface area contributed by atoms with Crippen LogP contribution in [0.3, 0.4) is 0 Å². The van der Waals surface area contributed by atoms with E-state index in [-0.39, 0.29) is 5.69 Å². The largest absolute Gasteiger partial charge is 0.336 e. The zero-order valence-corrected chi connectivity index (χ0v) is 10.9. The summed E-state index contributed by atoms with van der Waals surface area (Å²) in [6.45, 7) is 2.15. The Kier molecular flexibility index (Phi) is 4.48. The number of hydrogen-bond donors (Lipinski definition) is 1. The summed E-state index contributed by atoms with van der Waals surface area (Å²) in [5, 5.41) is 14.2. The van der Waals surface area contributed by atoms with Gasteiger partial charge in [0.05, 0.1) is 16.3 Å². The van der Waals surface area contributed by atoms with E-state index < -0.39 is 4.92 Å². The summed E-state index contributed by atoms with van der Waals surface area (Å²) in [6, 6.07) is 4.50. The molecule has 1 N–H and O–H groups in total. The molecule has 0 atom stereocenters. The molecule has 100 valence electrons. The van der Waals surface area contributed by atoms with Crippen LogP contribution in [0.5, 0.6) is 0 Å². The lowest BCUT2D eigenvalue weighted by Gasteiger charge is -2.07. The quantitative estimate of drug-likeness (QED) is 0.500. The van der Waals surface area contributed by atoms with Crippen LogP contribution in [-0.2, 0) is 13.1 Å². The Morgan fingerprint density at radius 2 is 2.32 bits per heavy atom. The second-order valence-electron chi connectivity index (χ2n) is 4.01. The molecule has 0 aliphatic heterocycles.